The van der Waals surface area contributed by atoms with Crippen molar-refractivity contribution >= 4 is 27.3 Å². The minimum atomic E-state index is -3.84. The number of aromatic hydroxyl groups is 1. The molecule has 0 atom stereocenters. The molecule has 0 radical (unpaired) electrons. The smallest absolute Gasteiger partial charge is 0.295 e. The number of anilines is 1. The topological polar surface area (TPSA) is 120 Å². The molecule has 0 unspecified atom stereocenters. The largest absolute Gasteiger partial charge is 0.505 e. The van der Waals surface area contributed by atoms with Gasteiger partial charge in [-0.3, -0.25) is 9.52 Å². The summed E-state index contributed by atoms with van der Waals surface area (Å²) in [6.45, 7) is 0.509. The Kier molecular flexibility index (Phi) is 5.68. The average Bonchev–Trinajstić information content (AvgIpc) is 2.81. The molecule has 1 aliphatic carbocycles. The number of hydrogen-bond acceptors (Lipinski definition) is 6. The standard InChI is InChI=1S/C22H20N4O4S/c27-21-18-9-5-4-8-17(18)19(26-31(29,30)16-6-2-1-3-7-16)14-20(21)24-25-22(28)15-10-12-23-13-11-15/h1-7,10-12,14,23,26-27H,8-9,13H2. The van der Waals surface area contributed by atoms with Crippen molar-refractivity contribution < 1.29 is 18.3 Å². The third-order valence-corrected chi connectivity index (χ3v) is 6.30. The van der Waals surface area contributed by atoms with E-state index in [1.165, 1.54) is 18.2 Å². The number of phenols is 1. The lowest BCUT2D eigenvalue weighted by Gasteiger charge is -2.19. The summed E-state index contributed by atoms with van der Waals surface area (Å²) in [6, 6.07) is 9.40. The van der Waals surface area contributed by atoms with Crippen LogP contribution >= 0.6 is 0 Å². The number of carbonyl (C=O) groups excluding carboxylic acids is 1. The van der Waals surface area contributed by atoms with Crippen molar-refractivity contribution in [1.29, 1.82) is 0 Å². The SMILES string of the molecule is O=C(N=Nc1cc(NS(=O)(=O)c2ccccc2)c2c(c1O)CC=CC2)C1=CCNC=C1. The van der Waals surface area contributed by atoms with Crippen LogP contribution in [0.3, 0.4) is 0 Å². The lowest BCUT2D eigenvalue weighted by Crippen LogP contribution is -2.15. The third-order valence-electron chi connectivity index (χ3n) is 4.92. The number of nitrogens with zero attached hydrogens (tertiary/aromatic N) is 2. The maximum Gasteiger partial charge on any atom is 0.295 e. The first-order valence-electron chi connectivity index (χ1n) is 9.62. The molecule has 0 spiro atoms. The molecule has 0 saturated heterocycles. The monoisotopic (exact) mass is 436 g/mol. The van der Waals surface area contributed by atoms with Crippen LogP contribution in [-0.4, -0.2) is 26.0 Å². The molecule has 31 heavy (non-hydrogen) atoms. The molecular weight excluding hydrogens is 416 g/mol. The van der Waals surface area contributed by atoms with Crippen molar-refractivity contribution in [2.24, 2.45) is 10.2 Å². The predicted octanol–water partition coefficient (Wildman–Crippen LogP) is 3.50. The second-order valence-corrected chi connectivity index (χ2v) is 8.64. The number of fused-ring (bicyclic) bond motifs is 1. The van der Waals surface area contributed by atoms with Crippen LogP contribution in [0.2, 0.25) is 0 Å². The highest BCUT2D eigenvalue weighted by atomic mass is 32.2. The summed E-state index contributed by atoms with van der Waals surface area (Å²) in [5, 5.41) is 21.3. The molecule has 1 amide bonds. The summed E-state index contributed by atoms with van der Waals surface area (Å²) in [6.07, 6.45) is 9.56. The van der Waals surface area contributed by atoms with Gasteiger partial charge in [-0.05, 0) is 48.9 Å². The summed E-state index contributed by atoms with van der Waals surface area (Å²) in [4.78, 5) is 12.4. The lowest BCUT2D eigenvalue weighted by molar-refractivity contribution is -0.114. The van der Waals surface area contributed by atoms with Crippen LogP contribution in [0.25, 0.3) is 0 Å². The predicted molar refractivity (Wildman–Crippen MR) is 117 cm³/mol. The van der Waals surface area contributed by atoms with E-state index in [2.05, 4.69) is 20.3 Å². The number of rotatable bonds is 5. The van der Waals surface area contributed by atoms with Gasteiger partial charge in [-0.15, -0.1) is 10.2 Å². The zero-order valence-electron chi connectivity index (χ0n) is 16.4. The molecule has 2 aromatic rings. The second kappa shape index (κ2) is 8.57. The number of sulfonamides is 1. The molecule has 2 aliphatic rings. The van der Waals surface area contributed by atoms with Crippen molar-refractivity contribution in [3.05, 3.63) is 83.6 Å². The van der Waals surface area contributed by atoms with Crippen LogP contribution in [0, 0.1) is 0 Å². The summed E-state index contributed by atoms with van der Waals surface area (Å²) in [5.41, 5.74) is 1.91. The molecule has 8 nitrogen and oxygen atoms in total. The van der Waals surface area contributed by atoms with Crippen molar-refractivity contribution in [2.45, 2.75) is 17.7 Å². The van der Waals surface area contributed by atoms with E-state index < -0.39 is 15.9 Å². The minimum absolute atomic E-state index is 0.0201. The van der Waals surface area contributed by atoms with Gasteiger partial charge in [0.25, 0.3) is 15.9 Å². The summed E-state index contributed by atoms with van der Waals surface area (Å²) in [5.74, 6) is -0.672. The van der Waals surface area contributed by atoms with Crippen LogP contribution < -0.4 is 10.0 Å². The van der Waals surface area contributed by atoms with Gasteiger partial charge in [0.1, 0.15) is 11.4 Å². The number of azo groups is 1. The van der Waals surface area contributed by atoms with Crippen LogP contribution in [0.5, 0.6) is 5.75 Å². The van der Waals surface area contributed by atoms with Crippen LogP contribution in [-0.2, 0) is 27.7 Å². The average molecular weight is 436 g/mol. The molecule has 3 N–H and O–H groups in total. The van der Waals surface area contributed by atoms with Gasteiger partial charge in [0.05, 0.1) is 10.6 Å². The number of benzene rings is 2. The number of dihydropyridines is 1. The maximum atomic E-state index is 12.8. The Labute approximate surface area is 179 Å². The number of allylic oxidation sites excluding steroid dienone is 2. The molecule has 0 bridgehead atoms. The third kappa shape index (κ3) is 4.41. The van der Waals surface area contributed by atoms with Crippen LogP contribution in [0.4, 0.5) is 11.4 Å². The highest BCUT2D eigenvalue weighted by Crippen LogP contribution is 2.41. The van der Waals surface area contributed by atoms with E-state index in [4.69, 9.17) is 0 Å². The highest BCUT2D eigenvalue weighted by Gasteiger charge is 2.22. The summed E-state index contributed by atoms with van der Waals surface area (Å²) < 4.78 is 28.3. The fourth-order valence-corrected chi connectivity index (χ4v) is 4.45. The van der Waals surface area contributed by atoms with Gasteiger partial charge in [0.15, 0.2) is 0 Å². The van der Waals surface area contributed by atoms with E-state index in [9.17, 15) is 18.3 Å². The van der Waals surface area contributed by atoms with Crippen LogP contribution in [0.15, 0.2) is 87.6 Å². The molecule has 2 aromatic carbocycles. The van der Waals surface area contributed by atoms with Crippen molar-refractivity contribution in [3.8, 4) is 5.75 Å². The van der Waals surface area contributed by atoms with E-state index in [1.807, 2.05) is 12.2 Å². The molecule has 0 saturated carbocycles. The minimum Gasteiger partial charge on any atom is -0.505 e. The van der Waals surface area contributed by atoms with Gasteiger partial charge in [0.2, 0.25) is 0 Å². The Morgan fingerprint density at radius 3 is 2.55 bits per heavy atom. The number of phenolic OH excluding ortho intramolecular Hbond substituents is 1. The molecular formula is C22H20N4O4S. The van der Waals surface area contributed by atoms with E-state index in [0.29, 0.717) is 41.8 Å². The Morgan fingerprint density at radius 2 is 1.84 bits per heavy atom. The van der Waals surface area contributed by atoms with Crippen molar-refractivity contribution in [3.63, 3.8) is 0 Å². The first-order chi connectivity index (χ1) is 15.0. The molecule has 4 rings (SSSR count). The fraction of sp³-hybridized carbons (Fsp3) is 0.136. The van der Waals surface area contributed by atoms with E-state index >= 15 is 0 Å². The maximum absolute atomic E-state index is 12.8. The lowest BCUT2D eigenvalue weighted by atomic mass is 9.93. The molecule has 158 valence electrons. The van der Waals surface area contributed by atoms with Gasteiger partial charge in [-0.2, -0.15) is 0 Å². The van der Waals surface area contributed by atoms with Crippen LogP contribution in [0.1, 0.15) is 11.1 Å². The van der Waals surface area contributed by atoms with Gasteiger partial charge < -0.3 is 10.4 Å². The Morgan fingerprint density at radius 1 is 1.10 bits per heavy atom. The molecule has 1 heterocycles. The first-order valence-corrected chi connectivity index (χ1v) is 11.1. The van der Waals surface area contributed by atoms with Gasteiger partial charge in [-0.1, -0.05) is 36.4 Å². The van der Waals surface area contributed by atoms with E-state index in [1.54, 1.807) is 36.6 Å². The zero-order valence-corrected chi connectivity index (χ0v) is 17.3. The zero-order chi connectivity index (χ0) is 21.8. The summed E-state index contributed by atoms with van der Waals surface area (Å²) in [7, 11) is -3.84. The Balaban J connectivity index is 1.71. The number of amides is 1. The fourth-order valence-electron chi connectivity index (χ4n) is 3.35. The number of nitrogens with one attached hydrogen (secondary N) is 2. The second-order valence-electron chi connectivity index (χ2n) is 6.95. The van der Waals surface area contributed by atoms with Crippen molar-refractivity contribution in [2.75, 3.05) is 11.3 Å². The first kappa shape index (κ1) is 20.5. The van der Waals surface area contributed by atoms with Gasteiger partial charge >= 0.3 is 0 Å². The Hall–Kier alpha value is -3.72. The van der Waals surface area contributed by atoms with Crippen molar-refractivity contribution in [1.82, 2.24) is 5.32 Å². The highest BCUT2D eigenvalue weighted by molar-refractivity contribution is 7.92. The summed E-state index contributed by atoms with van der Waals surface area (Å²) >= 11 is 0. The number of carbonyl (C=O) groups is 1. The quantitative estimate of drug-likeness (QED) is 0.376. The molecule has 9 heteroatoms. The van der Waals surface area contributed by atoms with E-state index in [0.717, 1.165) is 0 Å². The normalized spacial score (nSPS) is 15.3. The molecule has 1 aliphatic heterocycles. The molecule has 0 aromatic heterocycles. The van der Waals surface area contributed by atoms with E-state index in [-0.39, 0.29) is 16.3 Å². The molecule has 0 fully saturated rings. The number of hydrogen-bond donors (Lipinski definition) is 3. The van der Waals surface area contributed by atoms with Gasteiger partial charge in [-0.25, -0.2) is 8.42 Å². The van der Waals surface area contributed by atoms with Gasteiger partial charge in [0, 0.05) is 17.7 Å². The Bertz CT molecular complexity index is 1250.